The zero-order valence-electron chi connectivity index (χ0n) is 13.9. The summed E-state index contributed by atoms with van der Waals surface area (Å²) in [5.74, 6) is 0.394. The molecule has 5 nitrogen and oxygen atoms in total. The topological polar surface area (TPSA) is 44.8 Å². The van der Waals surface area contributed by atoms with E-state index in [9.17, 15) is 4.79 Å². The molecule has 0 aromatic rings. The van der Waals surface area contributed by atoms with Crippen molar-refractivity contribution in [3.8, 4) is 0 Å². The zero-order chi connectivity index (χ0) is 15.3. The second-order valence-corrected chi connectivity index (χ2v) is 6.82. The lowest BCUT2D eigenvalue weighted by atomic mass is 9.95. The molecule has 1 atom stereocenters. The Kier molecular flexibility index (Phi) is 6.02. The molecule has 1 saturated heterocycles. The van der Waals surface area contributed by atoms with E-state index in [1.165, 1.54) is 25.7 Å². The van der Waals surface area contributed by atoms with Gasteiger partial charge in [-0.25, -0.2) is 0 Å². The van der Waals surface area contributed by atoms with Crippen molar-refractivity contribution in [2.24, 2.45) is 5.92 Å². The molecule has 1 aliphatic heterocycles. The van der Waals surface area contributed by atoms with Gasteiger partial charge in [0.05, 0.1) is 12.5 Å². The van der Waals surface area contributed by atoms with Crippen LogP contribution in [0.1, 0.15) is 32.1 Å². The quantitative estimate of drug-likeness (QED) is 0.760. The predicted octanol–water partition coefficient (Wildman–Crippen LogP) is 0.945. The number of carbonyl (C=O) groups is 1. The number of ether oxygens (including phenoxy) is 1. The number of carbonyl (C=O) groups excluding carboxylic acids is 1. The number of nitrogens with one attached hydrogen (secondary N) is 1. The van der Waals surface area contributed by atoms with Gasteiger partial charge in [0, 0.05) is 32.3 Å². The molecule has 0 aromatic heterocycles. The van der Waals surface area contributed by atoms with Gasteiger partial charge >= 0.3 is 0 Å². The van der Waals surface area contributed by atoms with E-state index < -0.39 is 0 Å². The first-order chi connectivity index (χ1) is 10.1. The minimum absolute atomic E-state index is 0.155. The van der Waals surface area contributed by atoms with Crippen LogP contribution in [0.4, 0.5) is 0 Å². The molecule has 5 heteroatoms. The van der Waals surface area contributed by atoms with E-state index in [-0.39, 0.29) is 17.4 Å². The van der Waals surface area contributed by atoms with Crippen LogP contribution in [0.15, 0.2) is 0 Å². The maximum atomic E-state index is 12.4. The van der Waals surface area contributed by atoms with E-state index >= 15 is 0 Å². The lowest BCUT2D eigenvalue weighted by Crippen LogP contribution is -2.51. The smallest absolute Gasteiger partial charge is 0.224 e. The zero-order valence-corrected chi connectivity index (χ0v) is 13.9. The molecule has 2 fully saturated rings. The number of hydrogen-bond acceptors (Lipinski definition) is 4. The molecule has 0 radical (unpaired) electrons. The third-order valence-electron chi connectivity index (χ3n) is 5.33. The van der Waals surface area contributed by atoms with Crippen molar-refractivity contribution in [3.05, 3.63) is 0 Å². The van der Waals surface area contributed by atoms with Crippen molar-refractivity contribution >= 4 is 5.91 Å². The number of methoxy groups -OCH3 is 1. The lowest BCUT2D eigenvalue weighted by Gasteiger charge is -2.36. The summed E-state index contributed by atoms with van der Waals surface area (Å²) in [4.78, 5) is 17.0. The summed E-state index contributed by atoms with van der Waals surface area (Å²) in [7, 11) is 6.00. The van der Waals surface area contributed by atoms with Crippen LogP contribution >= 0.6 is 0 Å². The molecule has 0 spiro atoms. The third-order valence-corrected chi connectivity index (χ3v) is 5.33. The van der Waals surface area contributed by atoms with E-state index in [4.69, 9.17) is 4.74 Å². The second-order valence-electron chi connectivity index (χ2n) is 6.82. The summed E-state index contributed by atoms with van der Waals surface area (Å²) in [6.45, 7) is 4.37. The van der Waals surface area contributed by atoms with Gasteiger partial charge in [0.2, 0.25) is 5.91 Å². The SMILES string of the molecule is COCCN1CCC(C(=O)NCC2(N(C)C)CCCC2)C1. The Morgan fingerprint density at radius 1 is 1.38 bits per heavy atom. The molecule has 2 rings (SSSR count). The number of hydrogen-bond donors (Lipinski definition) is 1. The van der Waals surface area contributed by atoms with E-state index in [0.29, 0.717) is 0 Å². The molecule has 1 aliphatic carbocycles. The van der Waals surface area contributed by atoms with Gasteiger partial charge in [-0.15, -0.1) is 0 Å². The van der Waals surface area contributed by atoms with Gasteiger partial charge in [0.15, 0.2) is 0 Å². The minimum Gasteiger partial charge on any atom is -0.383 e. The average Bonchev–Trinajstić information content (AvgIpc) is 3.12. The maximum Gasteiger partial charge on any atom is 0.224 e. The van der Waals surface area contributed by atoms with E-state index in [2.05, 4.69) is 29.2 Å². The normalized spacial score (nSPS) is 25.6. The Bertz CT molecular complexity index is 340. The number of likely N-dealkylation sites (tertiary alicyclic amines) is 1. The van der Waals surface area contributed by atoms with Gasteiger partial charge in [0.1, 0.15) is 0 Å². The summed E-state index contributed by atoms with van der Waals surface area (Å²) in [6.07, 6.45) is 5.94. The Labute approximate surface area is 129 Å². The minimum atomic E-state index is 0.155. The fourth-order valence-corrected chi connectivity index (χ4v) is 3.68. The van der Waals surface area contributed by atoms with Gasteiger partial charge in [-0.2, -0.15) is 0 Å². The Morgan fingerprint density at radius 2 is 2.10 bits per heavy atom. The highest BCUT2D eigenvalue weighted by Gasteiger charge is 2.37. The van der Waals surface area contributed by atoms with Crippen molar-refractivity contribution in [3.63, 3.8) is 0 Å². The first-order valence-corrected chi connectivity index (χ1v) is 8.24. The molecule has 1 N–H and O–H groups in total. The molecule has 0 aromatic carbocycles. The van der Waals surface area contributed by atoms with Crippen LogP contribution in [0, 0.1) is 5.92 Å². The Morgan fingerprint density at radius 3 is 2.71 bits per heavy atom. The molecule has 1 unspecified atom stereocenters. The van der Waals surface area contributed by atoms with E-state index in [1.54, 1.807) is 7.11 Å². The number of nitrogens with zero attached hydrogens (tertiary/aromatic N) is 2. The fourth-order valence-electron chi connectivity index (χ4n) is 3.68. The molecule has 1 amide bonds. The van der Waals surface area contributed by atoms with Crippen molar-refractivity contribution in [1.29, 1.82) is 0 Å². The number of rotatable bonds is 7. The van der Waals surface area contributed by atoms with Crippen molar-refractivity contribution in [2.75, 3.05) is 54.0 Å². The van der Waals surface area contributed by atoms with Crippen LogP contribution in [-0.4, -0.2) is 75.2 Å². The molecule has 21 heavy (non-hydrogen) atoms. The number of amides is 1. The largest absolute Gasteiger partial charge is 0.383 e. The predicted molar refractivity (Wildman–Crippen MR) is 84.3 cm³/mol. The molecule has 0 bridgehead atoms. The van der Waals surface area contributed by atoms with Crippen molar-refractivity contribution in [1.82, 2.24) is 15.1 Å². The monoisotopic (exact) mass is 297 g/mol. The van der Waals surface area contributed by atoms with Crippen LogP contribution in [0.3, 0.4) is 0 Å². The van der Waals surface area contributed by atoms with E-state index in [1.807, 2.05) is 0 Å². The average molecular weight is 297 g/mol. The van der Waals surface area contributed by atoms with E-state index in [0.717, 1.165) is 39.2 Å². The van der Waals surface area contributed by atoms with Gasteiger partial charge in [0.25, 0.3) is 0 Å². The van der Waals surface area contributed by atoms with Gasteiger partial charge in [-0.1, -0.05) is 12.8 Å². The second kappa shape index (κ2) is 7.56. The highest BCUT2D eigenvalue weighted by Crippen LogP contribution is 2.33. The molecule has 2 aliphatic rings. The van der Waals surface area contributed by atoms with Gasteiger partial charge in [-0.05, 0) is 39.9 Å². The molecular weight excluding hydrogens is 266 g/mol. The fraction of sp³-hybridized carbons (Fsp3) is 0.938. The summed E-state index contributed by atoms with van der Waals surface area (Å²) < 4.78 is 5.11. The third kappa shape index (κ3) is 4.18. The summed E-state index contributed by atoms with van der Waals surface area (Å²) in [6, 6.07) is 0. The first-order valence-electron chi connectivity index (χ1n) is 8.24. The lowest BCUT2D eigenvalue weighted by molar-refractivity contribution is -0.125. The summed E-state index contributed by atoms with van der Waals surface area (Å²) >= 11 is 0. The van der Waals surface area contributed by atoms with Crippen LogP contribution in [0.25, 0.3) is 0 Å². The van der Waals surface area contributed by atoms with Crippen LogP contribution in [-0.2, 0) is 9.53 Å². The summed E-state index contributed by atoms with van der Waals surface area (Å²) in [5.41, 5.74) is 0.185. The van der Waals surface area contributed by atoms with Crippen LogP contribution in [0.2, 0.25) is 0 Å². The van der Waals surface area contributed by atoms with Gasteiger partial charge in [-0.3, -0.25) is 4.79 Å². The molecule has 1 heterocycles. The standard InChI is InChI=1S/C16H31N3O2/c1-18(2)16(7-4-5-8-16)13-17-15(20)14-6-9-19(12-14)10-11-21-3/h14H,4-13H2,1-3H3,(H,17,20). The molecule has 1 saturated carbocycles. The first kappa shape index (κ1) is 16.7. The van der Waals surface area contributed by atoms with Gasteiger partial charge < -0.3 is 19.9 Å². The Balaban J connectivity index is 1.77. The van der Waals surface area contributed by atoms with Crippen molar-refractivity contribution < 1.29 is 9.53 Å². The Hall–Kier alpha value is -0.650. The maximum absolute atomic E-state index is 12.4. The van der Waals surface area contributed by atoms with Crippen LogP contribution in [0.5, 0.6) is 0 Å². The molecular formula is C16H31N3O2. The van der Waals surface area contributed by atoms with Crippen LogP contribution < -0.4 is 5.32 Å². The number of likely N-dealkylation sites (N-methyl/N-ethyl adjacent to an activating group) is 1. The summed E-state index contributed by atoms with van der Waals surface area (Å²) in [5, 5.41) is 3.23. The highest BCUT2D eigenvalue weighted by atomic mass is 16.5. The highest BCUT2D eigenvalue weighted by molar-refractivity contribution is 5.79. The molecule has 122 valence electrons. The van der Waals surface area contributed by atoms with Crippen molar-refractivity contribution in [2.45, 2.75) is 37.6 Å².